The van der Waals surface area contributed by atoms with Crippen LogP contribution in [0.5, 0.6) is 0 Å². The lowest BCUT2D eigenvalue weighted by Gasteiger charge is -2.23. The van der Waals surface area contributed by atoms with Gasteiger partial charge >= 0.3 is 0 Å². The van der Waals surface area contributed by atoms with Crippen molar-refractivity contribution in [3.8, 4) is 0 Å². The molecule has 2 bridgehead atoms. The van der Waals surface area contributed by atoms with Crippen LogP contribution in [-0.2, 0) is 14.8 Å². The van der Waals surface area contributed by atoms with Crippen LogP contribution in [0.4, 0.5) is 0 Å². The largest absolute Gasteiger partial charge is 0.381 e. The molecule has 2 atom stereocenters. The first-order valence-corrected chi connectivity index (χ1v) is 8.04. The number of ether oxygens (including phenoxy) is 1. The zero-order valence-corrected chi connectivity index (χ0v) is 11.2. The molecule has 0 saturated carbocycles. The van der Waals surface area contributed by atoms with Crippen molar-refractivity contribution in [1.29, 1.82) is 0 Å². The van der Waals surface area contributed by atoms with E-state index in [9.17, 15) is 8.42 Å². The van der Waals surface area contributed by atoms with Crippen molar-refractivity contribution in [2.75, 3.05) is 32.1 Å². The monoisotopic (exact) mass is 262 g/mol. The van der Waals surface area contributed by atoms with E-state index in [1.165, 1.54) is 6.42 Å². The van der Waals surface area contributed by atoms with Gasteiger partial charge in [0.2, 0.25) is 10.0 Å². The van der Waals surface area contributed by atoms with Crippen LogP contribution in [0.1, 0.15) is 26.2 Å². The SMILES string of the molecule is CCOCCS(=O)(=O)N1CCC2CCC(C1)N2. The Morgan fingerprint density at radius 3 is 2.82 bits per heavy atom. The van der Waals surface area contributed by atoms with Crippen LogP contribution in [0.15, 0.2) is 0 Å². The minimum atomic E-state index is -3.13. The Bertz CT molecular complexity index is 345. The Morgan fingerprint density at radius 2 is 2.06 bits per heavy atom. The standard InChI is InChI=1S/C11H22N2O3S/c1-2-16-7-8-17(14,15)13-6-5-10-3-4-11(9-13)12-10/h10-12H,2-9H2,1H3. The molecule has 0 aliphatic carbocycles. The lowest BCUT2D eigenvalue weighted by atomic mass is 10.1. The molecule has 6 heteroatoms. The average Bonchev–Trinajstić information content (AvgIpc) is 2.57. The third kappa shape index (κ3) is 3.40. The van der Waals surface area contributed by atoms with Crippen LogP contribution >= 0.6 is 0 Å². The third-order valence-electron chi connectivity index (χ3n) is 3.57. The summed E-state index contributed by atoms with van der Waals surface area (Å²) in [7, 11) is -3.13. The molecule has 2 saturated heterocycles. The van der Waals surface area contributed by atoms with Crippen molar-refractivity contribution < 1.29 is 13.2 Å². The van der Waals surface area contributed by atoms with E-state index in [-0.39, 0.29) is 5.75 Å². The zero-order chi connectivity index (χ0) is 12.3. The second-order valence-electron chi connectivity index (χ2n) is 4.80. The molecule has 0 aromatic carbocycles. The normalized spacial score (nSPS) is 30.4. The topological polar surface area (TPSA) is 58.6 Å². The van der Waals surface area contributed by atoms with Gasteiger partial charge in [0.15, 0.2) is 0 Å². The smallest absolute Gasteiger partial charge is 0.216 e. The van der Waals surface area contributed by atoms with Gasteiger partial charge in [0.1, 0.15) is 0 Å². The highest BCUT2D eigenvalue weighted by Gasteiger charge is 2.33. The summed E-state index contributed by atoms with van der Waals surface area (Å²) in [6.07, 6.45) is 3.23. The molecule has 0 spiro atoms. The average molecular weight is 262 g/mol. The fraction of sp³-hybridized carbons (Fsp3) is 1.00. The van der Waals surface area contributed by atoms with E-state index in [1.807, 2.05) is 6.92 Å². The Labute approximate surface area is 104 Å². The van der Waals surface area contributed by atoms with E-state index in [2.05, 4.69) is 5.32 Å². The fourth-order valence-electron chi connectivity index (χ4n) is 2.60. The number of rotatable bonds is 5. The Balaban J connectivity index is 1.92. The number of nitrogens with zero attached hydrogens (tertiary/aromatic N) is 1. The Hall–Kier alpha value is -0.170. The van der Waals surface area contributed by atoms with E-state index >= 15 is 0 Å². The van der Waals surface area contributed by atoms with Crippen molar-refractivity contribution in [2.24, 2.45) is 0 Å². The minimum Gasteiger partial charge on any atom is -0.381 e. The van der Waals surface area contributed by atoms with Crippen molar-refractivity contribution in [3.63, 3.8) is 0 Å². The van der Waals surface area contributed by atoms with Crippen LogP contribution < -0.4 is 5.32 Å². The van der Waals surface area contributed by atoms with Crippen molar-refractivity contribution >= 4 is 10.0 Å². The maximum atomic E-state index is 12.1. The molecule has 5 nitrogen and oxygen atoms in total. The molecule has 0 amide bonds. The molecule has 2 rings (SSSR count). The maximum Gasteiger partial charge on any atom is 0.216 e. The molecule has 2 fully saturated rings. The molecule has 2 aliphatic heterocycles. The maximum absolute atomic E-state index is 12.1. The molecule has 17 heavy (non-hydrogen) atoms. The van der Waals surface area contributed by atoms with Gasteiger partial charge in [-0.2, -0.15) is 0 Å². The van der Waals surface area contributed by atoms with Crippen molar-refractivity contribution in [2.45, 2.75) is 38.3 Å². The van der Waals surface area contributed by atoms with Gasteiger partial charge in [-0.25, -0.2) is 12.7 Å². The molecule has 100 valence electrons. The second kappa shape index (κ2) is 5.65. The Morgan fingerprint density at radius 1 is 1.29 bits per heavy atom. The van der Waals surface area contributed by atoms with Gasteiger partial charge in [0, 0.05) is 31.8 Å². The highest BCUT2D eigenvalue weighted by Crippen LogP contribution is 2.22. The number of nitrogens with one attached hydrogen (secondary N) is 1. The van der Waals surface area contributed by atoms with Gasteiger partial charge in [0.05, 0.1) is 12.4 Å². The quantitative estimate of drug-likeness (QED) is 0.718. The van der Waals surface area contributed by atoms with Gasteiger partial charge in [-0.05, 0) is 26.2 Å². The van der Waals surface area contributed by atoms with Gasteiger partial charge < -0.3 is 10.1 Å². The van der Waals surface area contributed by atoms with E-state index in [4.69, 9.17) is 4.74 Å². The molecule has 0 aromatic rings. The second-order valence-corrected chi connectivity index (χ2v) is 6.89. The first kappa shape index (κ1) is 13.3. The van der Waals surface area contributed by atoms with E-state index in [0.29, 0.717) is 38.4 Å². The highest BCUT2D eigenvalue weighted by atomic mass is 32.2. The van der Waals surface area contributed by atoms with Crippen LogP contribution in [0, 0.1) is 0 Å². The predicted octanol–water partition coefficient (Wildman–Crippen LogP) is 0.179. The minimum absolute atomic E-state index is 0.109. The number of hydrogen-bond acceptors (Lipinski definition) is 4. The van der Waals surface area contributed by atoms with Gasteiger partial charge in [-0.3, -0.25) is 0 Å². The van der Waals surface area contributed by atoms with Crippen LogP contribution in [0.25, 0.3) is 0 Å². The summed E-state index contributed by atoms with van der Waals surface area (Å²) < 4.78 is 31.0. The van der Waals surface area contributed by atoms with Gasteiger partial charge in [0.25, 0.3) is 0 Å². The molecule has 2 aliphatic rings. The van der Waals surface area contributed by atoms with Crippen molar-refractivity contribution in [1.82, 2.24) is 9.62 Å². The van der Waals surface area contributed by atoms with Crippen LogP contribution in [0.2, 0.25) is 0 Å². The molecule has 1 N–H and O–H groups in total. The van der Waals surface area contributed by atoms with E-state index in [0.717, 1.165) is 12.8 Å². The number of fused-ring (bicyclic) bond motifs is 2. The molecule has 0 aromatic heterocycles. The zero-order valence-electron chi connectivity index (χ0n) is 10.4. The lowest BCUT2D eigenvalue weighted by molar-refractivity contribution is 0.162. The number of sulfonamides is 1. The van der Waals surface area contributed by atoms with Gasteiger partial charge in [-0.1, -0.05) is 0 Å². The first-order valence-electron chi connectivity index (χ1n) is 6.43. The lowest BCUT2D eigenvalue weighted by Crippen LogP contribution is -2.40. The third-order valence-corrected chi connectivity index (χ3v) is 5.37. The Kier molecular flexibility index (Phi) is 4.41. The molecular formula is C11H22N2O3S. The fourth-order valence-corrected chi connectivity index (χ4v) is 3.98. The summed E-state index contributed by atoms with van der Waals surface area (Å²) in [5.41, 5.74) is 0. The van der Waals surface area contributed by atoms with Crippen LogP contribution in [-0.4, -0.2) is 56.9 Å². The molecule has 0 radical (unpaired) electrons. The van der Waals surface area contributed by atoms with E-state index in [1.54, 1.807) is 4.31 Å². The number of hydrogen-bond donors (Lipinski definition) is 1. The summed E-state index contributed by atoms with van der Waals surface area (Å²) in [4.78, 5) is 0. The predicted molar refractivity (Wildman–Crippen MR) is 66.4 cm³/mol. The summed E-state index contributed by atoms with van der Waals surface area (Å²) in [5.74, 6) is 0.109. The van der Waals surface area contributed by atoms with Crippen LogP contribution in [0.3, 0.4) is 0 Å². The first-order chi connectivity index (χ1) is 8.12. The molecule has 2 heterocycles. The van der Waals surface area contributed by atoms with Gasteiger partial charge in [-0.15, -0.1) is 0 Å². The van der Waals surface area contributed by atoms with E-state index < -0.39 is 10.0 Å². The van der Waals surface area contributed by atoms with Crippen molar-refractivity contribution in [3.05, 3.63) is 0 Å². The summed E-state index contributed by atoms with van der Waals surface area (Å²) in [5, 5.41) is 3.48. The summed E-state index contributed by atoms with van der Waals surface area (Å²) in [6, 6.07) is 0.872. The molecular weight excluding hydrogens is 240 g/mol. The summed E-state index contributed by atoms with van der Waals surface area (Å²) >= 11 is 0. The highest BCUT2D eigenvalue weighted by molar-refractivity contribution is 7.89. The summed E-state index contributed by atoms with van der Waals surface area (Å²) in [6.45, 7) is 4.04. The molecule has 2 unspecified atom stereocenters.